The number of fused-ring (bicyclic) bond motifs is 3. The first-order chi connectivity index (χ1) is 14.6. The van der Waals surface area contributed by atoms with Crippen LogP contribution in [0.3, 0.4) is 0 Å². The molecule has 3 aliphatic rings. The number of aliphatic hydroxyl groups excluding tert-OH is 3. The molecule has 0 unspecified atom stereocenters. The van der Waals surface area contributed by atoms with Crippen molar-refractivity contribution in [2.24, 2.45) is 16.7 Å². The fraction of sp³-hybridized carbons (Fsp3) is 0.750. The minimum Gasteiger partial charge on any atom is -0.459 e. The molecule has 0 radical (unpaired) electrons. The first kappa shape index (κ1) is 24.9. The lowest BCUT2D eigenvalue weighted by atomic mass is 9.47. The molecule has 0 aromatic rings. The number of ether oxygens (including phenoxy) is 2. The fourth-order valence-corrected chi connectivity index (χ4v) is 6.47. The average Bonchev–Trinajstić information content (AvgIpc) is 2.66. The van der Waals surface area contributed by atoms with Crippen LogP contribution in [-0.4, -0.2) is 68.5 Å². The fourth-order valence-electron chi connectivity index (χ4n) is 6.47. The Bertz CT molecular complexity index is 860. The summed E-state index contributed by atoms with van der Waals surface area (Å²) in [4.78, 5) is 24.3. The number of esters is 2. The van der Waals surface area contributed by atoms with E-state index in [1.165, 1.54) is 13.8 Å². The number of rotatable bonds is 2. The van der Waals surface area contributed by atoms with Crippen LogP contribution in [0.5, 0.6) is 0 Å². The molecule has 0 aromatic carbocycles. The maximum atomic E-state index is 12.2. The normalized spacial score (nSPS) is 43.6. The van der Waals surface area contributed by atoms with Gasteiger partial charge in [0.25, 0.3) is 0 Å². The van der Waals surface area contributed by atoms with Crippen LogP contribution in [0.1, 0.15) is 60.8 Å². The summed E-state index contributed by atoms with van der Waals surface area (Å²) >= 11 is 0. The van der Waals surface area contributed by atoms with Gasteiger partial charge in [0.1, 0.15) is 23.9 Å². The Labute approximate surface area is 188 Å². The van der Waals surface area contributed by atoms with Gasteiger partial charge in [0.2, 0.25) is 0 Å². The molecular formula is C24H36O8. The standard InChI is InChI=1S/C24H36O8/c1-11-15(27)8-9-23(7)18(11)20(31-13(3)25)24(30)10-16(28)12(2)17(22(24,5)6)19(29)21(23)32-14(4)26/h15-16,18-21,27-30H,1,8-10H2,2-7H3/t15-,16-,18-,19+,20-,21-,23+,24+/m0/s1. The molecule has 2 fully saturated rings. The summed E-state index contributed by atoms with van der Waals surface area (Å²) in [5.74, 6) is -2.08. The van der Waals surface area contributed by atoms with Gasteiger partial charge in [-0.1, -0.05) is 27.4 Å². The van der Waals surface area contributed by atoms with Crippen LogP contribution in [0.15, 0.2) is 23.3 Å². The van der Waals surface area contributed by atoms with E-state index in [2.05, 4.69) is 6.58 Å². The Morgan fingerprint density at radius 3 is 2.06 bits per heavy atom. The van der Waals surface area contributed by atoms with Crippen molar-refractivity contribution < 1.29 is 39.5 Å². The Kier molecular flexibility index (Phi) is 6.17. The van der Waals surface area contributed by atoms with E-state index in [1.54, 1.807) is 27.7 Å². The molecular weight excluding hydrogens is 416 g/mol. The third kappa shape index (κ3) is 3.43. The zero-order valence-corrected chi connectivity index (χ0v) is 19.7. The van der Waals surface area contributed by atoms with E-state index in [0.717, 1.165) is 0 Å². The monoisotopic (exact) mass is 452 g/mol. The van der Waals surface area contributed by atoms with E-state index in [9.17, 15) is 30.0 Å². The molecule has 0 heterocycles. The second-order valence-corrected chi connectivity index (χ2v) is 10.5. The van der Waals surface area contributed by atoms with Gasteiger partial charge in [0.15, 0.2) is 0 Å². The number of hydrogen-bond acceptors (Lipinski definition) is 8. The van der Waals surface area contributed by atoms with Crippen LogP contribution < -0.4 is 0 Å². The van der Waals surface area contributed by atoms with E-state index in [1.807, 2.05) is 0 Å². The molecule has 0 saturated heterocycles. The second-order valence-electron chi connectivity index (χ2n) is 10.5. The quantitative estimate of drug-likeness (QED) is 0.365. The van der Waals surface area contributed by atoms with Gasteiger partial charge in [-0.3, -0.25) is 9.59 Å². The minimum atomic E-state index is -1.79. The Morgan fingerprint density at radius 1 is 1.00 bits per heavy atom. The minimum absolute atomic E-state index is 0.131. The van der Waals surface area contributed by atoms with Gasteiger partial charge in [-0.25, -0.2) is 0 Å². The predicted molar refractivity (Wildman–Crippen MR) is 115 cm³/mol. The van der Waals surface area contributed by atoms with E-state index < -0.39 is 64.8 Å². The van der Waals surface area contributed by atoms with E-state index in [4.69, 9.17) is 9.47 Å². The van der Waals surface area contributed by atoms with Gasteiger partial charge in [-0.05, 0) is 36.5 Å². The van der Waals surface area contributed by atoms with Crippen molar-refractivity contribution in [3.8, 4) is 0 Å². The maximum Gasteiger partial charge on any atom is 0.303 e. The summed E-state index contributed by atoms with van der Waals surface area (Å²) in [6, 6.07) is 0. The van der Waals surface area contributed by atoms with Gasteiger partial charge in [0, 0.05) is 37.0 Å². The molecule has 8 atom stereocenters. The van der Waals surface area contributed by atoms with E-state index >= 15 is 0 Å². The summed E-state index contributed by atoms with van der Waals surface area (Å²) in [5, 5.41) is 45.3. The molecule has 0 aromatic heterocycles. The summed E-state index contributed by atoms with van der Waals surface area (Å²) in [6.45, 7) is 13.5. The van der Waals surface area contributed by atoms with Crippen molar-refractivity contribution in [1.82, 2.24) is 0 Å². The van der Waals surface area contributed by atoms with Gasteiger partial charge in [-0.15, -0.1) is 0 Å². The van der Waals surface area contributed by atoms with Crippen LogP contribution >= 0.6 is 0 Å². The molecule has 2 saturated carbocycles. The summed E-state index contributed by atoms with van der Waals surface area (Å²) in [7, 11) is 0. The number of hydrogen-bond donors (Lipinski definition) is 4. The molecule has 2 bridgehead atoms. The molecule has 0 aliphatic heterocycles. The zero-order chi connectivity index (χ0) is 24.4. The highest BCUT2D eigenvalue weighted by Gasteiger charge is 2.68. The SMILES string of the molecule is C=C1[C@@H](O)CC[C@@]2(C)[C@@H](OC(C)=O)[C@H](O)C3=C(C)[C@@H](O)C[C@@](O)([C@@H](OC(C)=O)[C@H]12)C3(C)C. The second kappa shape index (κ2) is 7.94. The van der Waals surface area contributed by atoms with Crippen molar-refractivity contribution in [2.75, 3.05) is 0 Å². The third-order valence-corrected chi connectivity index (χ3v) is 8.27. The largest absolute Gasteiger partial charge is 0.459 e. The van der Waals surface area contributed by atoms with Gasteiger partial charge in [-0.2, -0.15) is 0 Å². The van der Waals surface area contributed by atoms with Gasteiger partial charge >= 0.3 is 11.9 Å². The van der Waals surface area contributed by atoms with Crippen LogP contribution in [0.4, 0.5) is 0 Å². The predicted octanol–water partition coefficient (Wildman–Crippen LogP) is 1.40. The molecule has 8 heteroatoms. The van der Waals surface area contributed by atoms with Crippen molar-refractivity contribution >= 4 is 11.9 Å². The van der Waals surface area contributed by atoms with Crippen LogP contribution in [-0.2, 0) is 19.1 Å². The third-order valence-electron chi connectivity index (χ3n) is 8.27. The lowest BCUT2D eigenvalue weighted by Crippen LogP contribution is -2.70. The van der Waals surface area contributed by atoms with Crippen molar-refractivity contribution in [2.45, 2.75) is 96.9 Å². The lowest BCUT2D eigenvalue weighted by Gasteiger charge is -2.62. The molecule has 0 amide bonds. The van der Waals surface area contributed by atoms with Crippen LogP contribution in [0.25, 0.3) is 0 Å². The topological polar surface area (TPSA) is 134 Å². The highest BCUT2D eigenvalue weighted by Crippen LogP contribution is 2.61. The molecule has 180 valence electrons. The lowest BCUT2D eigenvalue weighted by molar-refractivity contribution is -0.239. The molecule has 0 spiro atoms. The Balaban J connectivity index is 2.40. The van der Waals surface area contributed by atoms with Crippen LogP contribution in [0, 0.1) is 16.7 Å². The summed E-state index contributed by atoms with van der Waals surface area (Å²) in [5.41, 5.74) is -2.79. The Hall–Kier alpha value is -1.74. The smallest absolute Gasteiger partial charge is 0.303 e. The molecule has 3 rings (SSSR count). The Morgan fingerprint density at radius 2 is 1.53 bits per heavy atom. The summed E-state index contributed by atoms with van der Waals surface area (Å²) in [6.07, 6.45) is -5.13. The zero-order valence-electron chi connectivity index (χ0n) is 19.7. The van der Waals surface area contributed by atoms with Crippen molar-refractivity contribution in [3.63, 3.8) is 0 Å². The van der Waals surface area contributed by atoms with Crippen molar-refractivity contribution in [3.05, 3.63) is 23.3 Å². The number of aliphatic hydroxyl groups is 4. The highest BCUT2D eigenvalue weighted by atomic mass is 16.6. The van der Waals surface area contributed by atoms with E-state index in [0.29, 0.717) is 29.6 Å². The first-order valence-electron chi connectivity index (χ1n) is 11.1. The molecule has 3 aliphatic carbocycles. The number of carbonyl (C=O) groups excluding carboxylic acids is 2. The molecule has 4 N–H and O–H groups in total. The highest BCUT2D eigenvalue weighted by molar-refractivity contribution is 5.67. The average molecular weight is 453 g/mol. The first-order valence-corrected chi connectivity index (χ1v) is 11.1. The van der Waals surface area contributed by atoms with E-state index in [-0.39, 0.29) is 6.42 Å². The van der Waals surface area contributed by atoms with Gasteiger partial charge in [0.05, 0.1) is 12.2 Å². The van der Waals surface area contributed by atoms with Crippen molar-refractivity contribution in [1.29, 1.82) is 0 Å². The number of carbonyl (C=O) groups is 2. The maximum absolute atomic E-state index is 12.2. The molecule has 32 heavy (non-hydrogen) atoms. The molecule has 8 nitrogen and oxygen atoms in total. The van der Waals surface area contributed by atoms with Gasteiger partial charge < -0.3 is 29.9 Å². The summed E-state index contributed by atoms with van der Waals surface area (Å²) < 4.78 is 11.5. The van der Waals surface area contributed by atoms with Crippen LogP contribution in [0.2, 0.25) is 0 Å².